The number of halogens is 1. The molecule has 6 nitrogen and oxygen atoms in total. The summed E-state index contributed by atoms with van der Waals surface area (Å²) in [5.74, 6) is 0.563. The maximum Gasteiger partial charge on any atom is 0.240 e. The summed E-state index contributed by atoms with van der Waals surface area (Å²) in [6.45, 7) is 4.76. The molecule has 2 aromatic carbocycles. The molecule has 3 aliphatic heterocycles. The average molecular weight is 465 g/mol. The second kappa shape index (κ2) is 10.7. The summed E-state index contributed by atoms with van der Waals surface area (Å²) in [6, 6.07) is 16.0. The molecule has 5 rings (SSSR count). The molecule has 2 saturated heterocycles. The van der Waals surface area contributed by atoms with Crippen LogP contribution in [0, 0.1) is 0 Å². The predicted molar refractivity (Wildman–Crippen MR) is 133 cm³/mol. The molecule has 2 unspecified atom stereocenters. The minimum absolute atomic E-state index is 0.119. The molecule has 2 aromatic rings. The zero-order valence-corrected chi connectivity index (χ0v) is 19.5. The Morgan fingerprint density at radius 2 is 1.88 bits per heavy atom. The van der Waals surface area contributed by atoms with E-state index in [1.54, 1.807) is 6.21 Å². The van der Waals surface area contributed by atoms with E-state index in [0.29, 0.717) is 19.6 Å². The van der Waals surface area contributed by atoms with Crippen LogP contribution in [-0.2, 0) is 4.79 Å². The number of amides is 1. The molecule has 0 bridgehead atoms. The summed E-state index contributed by atoms with van der Waals surface area (Å²) < 4.78 is 19.1. The van der Waals surface area contributed by atoms with Crippen molar-refractivity contribution in [3.8, 4) is 5.75 Å². The Morgan fingerprint density at radius 1 is 1.09 bits per heavy atom. The standard InChI is InChI=1S/C27H33FN4O2/c28-20-12-16-31(19-20)15-3-17-34-23-8-6-21(7-9-23)30-18-25-24-4-1-2-5-26(24)32(27(25)33)22-10-13-29-14-11-22/h1-2,4-9,18,20,22,25,29H,3,10-17,19H2. The van der Waals surface area contributed by atoms with Gasteiger partial charge in [0.2, 0.25) is 5.91 Å². The van der Waals surface area contributed by atoms with Gasteiger partial charge in [0.1, 0.15) is 17.8 Å². The highest BCUT2D eigenvalue weighted by Crippen LogP contribution is 2.39. The van der Waals surface area contributed by atoms with Gasteiger partial charge in [0.05, 0.1) is 12.3 Å². The van der Waals surface area contributed by atoms with Crippen molar-refractivity contribution in [2.45, 2.75) is 43.8 Å². The molecule has 2 fully saturated rings. The van der Waals surface area contributed by atoms with Gasteiger partial charge in [0.25, 0.3) is 0 Å². The topological polar surface area (TPSA) is 57.2 Å². The number of hydrogen-bond donors (Lipinski definition) is 1. The fraction of sp³-hybridized carbons (Fsp3) is 0.481. The maximum absolute atomic E-state index is 13.4. The maximum atomic E-state index is 13.4. The molecule has 0 saturated carbocycles. The van der Waals surface area contributed by atoms with Crippen molar-refractivity contribution in [1.29, 1.82) is 0 Å². The molecular formula is C27H33FN4O2. The largest absolute Gasteiger partial charge is 0.494 e. The van der Waals surface area contributed by atoms with Gasteiger partial charge >= 0.3 is 0 Å². The van der Waals surface area contributed by atoms with Crippen LogP contribution in [0.2, 0.25) is 0 Å². The number of likely N-dealkylation sites (tertiary alicyclic amines) is 1. The Morgan fingerprint density at radius 3 is 2.65 bits per heavy atom. The first-order valence-corrected chi connectivity index (χ1v) is 12.5. The van der Waals surface area contributed by atoms with Gasteiger partial charge in [-0.1, -0.05) is 18.2 Å². The fourth-order valence-electron chi connectivity index (χ4n) is 5.21. The van der Waals surface area contributed by atoms with Gasteiger partial charge in [0.15, 0.2) is 0 Å². The van der Waals surface area contributed by atoms with E-state index >= 15 is 0 Å². The summed E-state index contributed by atoms with van der Waals surface area (Å²) in [4.78, 5) is 22.2. The second-order valence-corrected chi connectivity index (χ2v) is 9.39. The number of para-hydroxylation sites is 1. The Balaban J connectivity index is 1.18. The van der Waals surface area contributed by atoms with E-state index in [-0.39, 0.29) is 17.9 Å². The van der Waals surface area contributed by atoms with Crippen LogP contribution >= 0.6 is 0 Å². The van der Waals surface area contributed by atoms with Gasteiger partial charge in [0, 0.05) is 37.6 Å². The first-order valence-electron chi connectivity index (χ1n) is 12.5. The number of hydrogen-bond acceptors (Lipinski definition) is 5. The molecule has 0 spiro atoms. The highest BCUT2D eigenvalue weighted by Gasteiger charge is 2.40. The van der Waals surface area contributed by atoms with Crippen molar-refractivity contribution >= 4 is 23.5 Å². The number of piperidine rings is 1. The van der Waals surface area contributed by atoms with Crippen LogP contribution in [0.25, 0.3) is 0 Å². The molecule has 1 amide bonds. The lowest BCUT2D eigenvalue weighted by Gasteiger charge is -2.32. The SMILES string of the molecule is O=C1C(C=Nc2ccc(OCCCN3CCC(F)C3)cc2)c2ccccc2N1C1CCNCC1. The normalized spacial score (nSPS) is 23.7. The molecule has 0 aliphatic carbocycles. The summed E-state index contributed by atoms with van der Waals surface area (Å²) in [7, 11) is 0. The van der Waals surface area contributed by atoms with Gasteiger partial charge in [-0.05, 0) is 74.7 Å². The predicted octanol–water partition coefficient (Wildman–Crippen LogP) is 4.08. The summed E-state index contributed by atoms with van der Waals surface area (Å²) >= 11 is 0. The Hall–Kier alpha value is -2.77. The highest BCUT2D eigenvalue weighted by atomic mass is 19.1. The molecule has 2 atom stereocenters. The van der Waals surface area contributed by atoms with E-state index in [2.05, 4.69) is 21.3 Å². The smallest absolute Gasteiger partial charge is 0.240 e. The third kappa shape index (κ3) is 5.15. The zero-order valence-electron chi connectivity index (χ0n) is 19.5. The molecule has 1 N–H and O–H groups in total. The quantitative estimate of drug-likeness (QED) is 0.472. The Kier molecular flexibility index (Phi) is 7.21. The Labute approximate surface area is 200 Å². The minimum atomic E-state index is -0.672. The van der Waals surface area contributed by atoms with Gasteiger partial charge < -0.3 is 19.9 Å². The first kappa shape index (κ1) is 23.0. The number of ether oxygens (including phenoxy) is 1. The number of rotatable bonds is 8. The van der Waals surface area contributed by atoms with Crippen LogP contribution in [0.3, 0.4) is 0 Å². The molecule has 0 radical (unpaired) electrons. The zero-order chi connectivity index (χ0) is 23.3. The van der Waals surface area contributed by atoms with Gasteiger partial charge in [-0.15, -0.1) is 0 Å². The second-order valence-electron chi connectivity index (χ2n) is 9.39. The third-order valence-electron chi connectivity index (χ3n) is 7.02. The van der Waals surface area contributed by atoms with E-state index in [0.717, 1.165) is 68.1 Å². The van der Waals surface area contributed by atoms with E-state index in [1.165, 1.54) is 0 Å². The van der Waals surface area contributed by atoms with Gasteiger partial charge in [-0.2, -0.15) is 0 Å². The third-order valence-corrected chi connectivity index (χ3v) is 7.02. The van der Waals surface area contributed by atoms with Gasteiger partial charge in [-0.3, -0.25) is 9.79 Å². The lowest BCUT2D eigenvalue weighted by atomic mass is 10.0. The van der Waals surface area contributed by atoms with Crippen LogP contribution in [0.1, 0.15) is 37.2 Å². The average Bonchev–Trinajstić information content (AvgIpc) is 3.41. The van der Waals surface area contributed by atoms with Crippen molar-refractivity contribution in [1.82, 2.24) is 10.2 Å². The van der Waals surface area contributed by atoms with Crippen molar-refractivity contribution in [2.75, 3.05) is 44.2 Å². The number of carbonyl (C=O) groups excluding carboxylic acids is 1. The van der Waals surface area contributed by atoms with Crippen molar-refractivity contribution in [3.05, 3.63) is 54.1 Å². The summed E-state index contributed by atoms with van der Waals surface area (Å²) in [5, 5.41) is 3.38. The monoisotopic (exact) mass is 464 g/mol. The van der Waals surface area contributed by atoms with Gasteiger partial charge in [-0.25, -0.2) is 4.39 Å². The molecule has 3 aliphatic rings. The Bertz CT molecular complexity index is 1010. The van der Waals surface area contributed by atoms with Crippen molar-refractivity contribution < 1.29 is 13.9 Å². The minimum Gasteiger partial charge on any atom is -0.494 e. The number of alkyl halides is 1. The number of benzene rings is 2. The van der Waals surface area contributed by atoms with E-state index in [4.69, 9.17) is 4.74 Å². The van der Waals surface area contributed by atoms with E-state index < -0.39 is 6.17 Å². The van der Waals surface area contributed by atoms with Crippen LogP contribution in [0.4, 0.5) is 15.8 Å². The molecule has 7 heteroatoms. The van der Waals surface area contributed by atoms with Crippen molar-refractivity contribution in [3.63, 3.8) is 0 Å². The number of nitrogens with one attached hydrogen (secondary N) is 1. The first-order chi connectivity index (χ1) is 16.7. The van der Waals surface area contributed by atoms with E-state index in [1.807, 2.05) is 47.4 Å². The number of anilines is 1. The van der Waals surface area contributed by atoms with Crippen molar-refractivity contribution in [2.24, 2.45) is 4.99 Å². The number of fused-ring (bicyclic) bond motifs is 1. The molecule has 34 heavy (non-hydrogen) atoms. The number of nitrogens with zero attached hydrogens (tertiary/aromatic N) is 3. The number of carbonyl (C=O) groups is 1. The lowest BCUT2D eigenvalue weighted by molar-refractivity contribution is -0.118. The molecule has 180 valence electrons. The summed E-state index contributed by atoms with van der Waals surface area (Å²) in [5.41, 5.74) is 2.85. The van der Waals surface area contributed by atoms with Crippen LogP contribution in [-0.4, -0.2) is 68.6 Å². The fourth-order valence-corrected chi connectivity index (χ4v) is 5.21. The molecule has 0 aromatic heterocycles. The van der Waals surface area contributed by atoms with Crippen LogP contribution < -0.4 is 15.0 Å². The summed E-state index contributed by atoms with van der Waals surface area (Å²) in [6.07, 6.45) is 4.58. The van der Waals surface area contributed by atoms with Crippen LogP contribution in [0.15, 0.2) is 53.5 Å². The highest BCUT2D eigenvalue weighted by molar-refractivity contribution is 6.14. The van der Waals surface area contributed by atoms with E-state index in [9.17, 15) is 9.18 Å². The molecule has 3 heterocycles. The number of aliphatic imine (C=N–C) groups is 1. The van der Waals surface area contributed by atoms with Crippen LogP contribution in [0.5, 0.6) is 5.75 Å². The molecular weight excluding hydrogens is 431 g/mol. The lowest BCUT2D eigenvalue weighted by Crippen LogP contribution is -2.45.